The van der Waals surface area contributed by atoms with E-state index in [-0.39, 0.29) is 12.3 Å². The highest BCUT2D eigenvalue weighted by Gasteiger charge is 2.28. The van der Waals surface area contributed by atoms with Crippen molar-refractivity contribution in [1.29, 1.82) is 0 Å². The van der Waals surface area contributed by atoms with Gasteiger partial charge >= 0.3 is 5.97 Å². The number of carbonyl (C=O) groups is 2. The molecule has 5 heteroatoms. The molecule has 1 fully saturated rings. The van der Waals surface area contributed by atoms with E-state index in [4.69, 9.17) is 9.52 Å². The van der Waals surface area contributed by atoms with Gasteiger partial charge in [0.2, 0.25) is 0 Å². The average molecular weight is 251 g/mol. The minimum atomic E-state index is -0.776. The van der Waals surface area contributed by atoms with Gasteiger partial charge in [-0.25, -0.2) is 0 Å². The van der Waals surface area contributed by atoms with Crippen LogP contribution in [0, 0.1) is 12.8 Å². The Kier molecular flexibility index (Phi) is 3.69. The van der Waals surface area contributed by atoms with Gasteiger partial charge in [-0.3, -0.25) is 9.59 Å². The van der Waals surface area contributed by atoms with Crippen LogP contribution in [0.25, 0.3) is 0 Å². The summed E-state index contributed by atoms with van der Waals surface area (Å²) in [5.41, 5.74) is 0. The molecule has 0 bridgehead atoms. The number of carboxylic acids is 1. The zero-order valence-electron chi connectivity index (χ0n) is 10.4. The van der Waals surface area contributed by atoms with Gasteiger partial charge < -0.3 is 14.4 Å². The molecule has 2 rings (SSSR count). The molecule has 1 atom stereocenters. The first-order chi connectivity index (χ1) is 8.56. The van der Waals surface area contributed by atoms with E-state index >= 15 is 0 Å². The maximum Gasteiger partial charge on any atom is 0.303 e. The first-order valence-electron chi connectivity index (χ1n) is 6.14. The molecule has 98 valence electrons. The third-order valence-corrected chi connectivity index (χ3v) is 3.29. The van der Waals surface area contributed by atoms with Crippen LogP contribution in [0.4, 0.5) is 0 Å². The van der Waals surface area contributed by atoms with Crippen molar-refractivity contribution < 1.29 is 19.1 Å². The zero-order chi connectivity index (χ0) is 13.1. The van der Waals surface area contributed by atoms with E-state index in [0.717, 1.165) is 12.2 Å². The second kappa shape index (κ2) is 5.25. The number of aryl methyl sites for hydroxylation is 1. The van der Waals surface area contributed by atoms with Gasteiger partial charge in [0.05, 0.1) is 0 Å². The van der Waals surface area contributed by atoms with Crippen molar-refractivity contribution in [2.24, 2.45) is 5.92 Å². The molecule has 5 nitrogen and oxygen atoms in total. The zero-order valence-corrected chi connectivity index (χ0v) is 10.4. The first-order valence-corrected chi connectivity index (χ1v) is 6.14. The molecule has 2 heterocycles. The molecule has 0 aliphatic carbocycles. The van der Waals surface area contributed by atoms with Gasteiger partial charge in [-0.2, -0.15) is 0 Å². The lowest BCUT2D eigenvalue weighted by molar-refractivity contribution is -0.137. The standard InChI is InChI=1S/C13H17NO4/c1-9-2-4-11(18-9)13(17)14-7-6-10(8-14)3-5-12(15)16/h2,4,10H,3,5-8H2,1H3,(H,15,16). The van der Waals surface area contributed by atoms with Crippen molar-refractivity contribution in [2.75, 3.05) is 13.1 Å². The highest BCUT2D eigenvalue weighted by atomic mass is 16.4. The number of carbonyl (C=O) groups excluding carboxylic acids is 1. The molecule has 18 heavy (non-hydrogen) atoms. The van der Waals surface area contributed by atoms with Crippen LogP contribution in [-0.2, 0) is 4.79 Å². The molecule has 1 aliphatic heterocycles. The number of carboxylic acid groups (broad SMARTS) is 1. The van der Waals surface area contributed by atoms with E-state index in [1.54, 1.807) is 24.0 Å². The summed E-state index contributed by atoms with van der Waals surface area (Å²) in [5, 5.41) is 8.63. The molecule has 0 spiro atoms. The Morgan fingerprint density at radius 1 is 1.50 bits per heavy atom. The molecule has 0 saturated carbocycles. The Bertz CT molecular complexity index is 452. The Balaban J connectivity index is 1.88. The number of aliphatic carboxylic acids is 1. The van der Waals surface area contributed by atoms with E-state index in [1.807, 2.05) is 0 Å². The lowest BCUT2D eigenvalue weighted by atomic mass is 10.0. The minimum Gasteiger partial charge on any atom is -0.481 e. The van der Waals surface area contributed by atoms with Crippen LogP contribution in [0.2, 0.25) is 0 Å². The van der Waals surface area contributed by atoms with Crippen LogP contribution >= 0.6 is 0 Å². The summed E-state index contributed by atoms with van der Waals surface area (Å²) in [4.78, 5) is 24.3. The van der Waals surface area contributed by atoms with Crippen LogP contribution in [0.5, 0.6) is 0 Å². The highest BCUT2D eigenvalue weighted by molar-refractivity contribution is 5.91. The molecule has 0 aromatic carbocycles. The van der Waals surface area contributed by atoms with Crippen LogP contribution in [0.1, 0.15) is 35.6 Å². The Labute approximate surface area is 105 Å². The summed E-state index contributed by atoms with van der Waals surface area (Å²) < 4.78 is 5.31. The average Bonchev–Trinajstić information content (AvgIpc) is 2.94. The molecule has 1 aliphatic rings. The third-order valence-electron chi connectivity index (χ3n) is 3.29. The predicted molar refractivity (Wildman–Crippen MR) is 64.3 cm³/mol. The highest BCUT2D eigenvalue weighted by Crippen LogP contribution is 2.23. The lowest BCUT2D eigenvalue weighted by Crippen LogP contribution is -2.28. The fourth-order valence-corrected chi connectivity index (χ4v) is 2.29. The topological polar surface area (TPSA) is 70.8 Å². The summed E-state index contributed by atoms with van der Waals surface area (Å²) in [7, 11) is 0. The molecule has 1 saturated heterocycles. The van der Waals surface area contributed by atoms with Crippen molar-refractivity contribution in [3.05, 3.63) is 23.7 Å². The van der Waals surface area contributed by atoms with Gasteiger partial charge in [0.15, 0.2) is 5.76 Å². The van der Waals surface area contributed by atoms with Gasteiger partial charge in [0.25, 0.3) is 5.91 Å². The van der Waals surface area contributed by atoms with Crippen LogP contribution in [0.15, 0.2) is 16.5 Å². The van der Waals surface area contributed by atoms with Gasteiger partial charge in [-0.05, 0) is 37.8 Å². The van der Waals surface area contributed by atoms with Gasteiger partial charge in [0, 0.05) is 19.5 Å². The largest absolute Gasteiger partial charge is 0.481 e. The maximum absolute atomic E-state index is 12.1. The van der Waals surface area contributed by atoms with Gasteiger partial charge in [-0.15, -0.1) is 0 Å². The number of furan rings is 1. The molecule has 1 N–H and O–H groups in total. The number of rotatable bonds is 4. The summed E-state index contributed by atoms with van der Waals surface area (Å²) in [5.74, 6) is 0.509. The number of hydrogen-bond donors (Lipinski definition) is 1. The SMILES string of the molecule is Cc1ccc(C(=O)N2CCC(CCC(=O)O)C2)o1. The molecular weight excluding hydrogens is 234 g/mol. The fraction of sp³-hybridized carbons (Fsp3) is 0.538. The van der Waals surface area contributed by atoms with Crippen LogP contribution in [0.3, 0.4) is 0 Å². The molecule has 1 aromatic heterocycles. The predicted octanol–water partition coefficient (Wildman–Crippen LogP) is 1.91. The number of hydrogen-bond acceptors (Lipinski definition) is 3. The van der Waals surface area contributed by atoms with Gasteiger partial charge in [0.1, 0.15) is 5.76 Å². The van der Waals surface area contributed by atoms with E-state index in [0.29, 0.717) is 31.2 Å². The van der Waals surface area contributed by atoms with Crippen LogP contribution < -0.4 is 0 Å². The molecule has 0 radical (unpaired) electrons. The van der Waals surface area contributed by atoms with Crippen molar-refractivity contribution in [3.63, 3.8) is 0 Å². The quantitative estimate of drug-likeness (QED) is 0.887. The Morgan fingerprint density at radius 3 is 2.89 bits per heavy atom. The lowest BCUT2D eigenvalue weighted by Gasteiger charge is -2.14. The van der Waals surface area contributed by atoms with E-state index in [2.05, 4.69) is 0 Å². The van der Waals surface area contributed by atoms with E-state index < -0.39 is 5.97 Å². The van der Waals surface area contributed by atoms with Crippen molar-refractivity contribution in [1.82, 2.24) is 4.90 Å². The van der Waals surface area contributed by atoms with Crippen LogP contribution in [-0.4, -0.2) is 35.0 Å². The second-order valence-electron chi connectivity index (χ2n) is 4.75. The number of nitrogens with zero attached hydrogens (tertiary/aromatic N) is 1. The number of amides is 1. The monoisotopic (exact) mass is 251 g/mol. The molecule has 1 aromatic rings. The summed E-state index contributed by atoms with van der Waals surface area (Å²) >= 11 is 0. The van der Waals surface area contributed by atoms with E-state index in [9.17, 15) is 9.59 Å². The summed E-state index contributed by atoms with van der Waals surface area (Å²) in [6.07, 6.45) is 1.68. The van der Waals surface area contributed by atoms with E-state index in [1.165, 1.54) is 0 Å². The smallest absolute Gasteiger partial charge is 0.303 e. The first kappa shape index (κ1) is 12.7. The number of likely N-dealkylation sites (tertiary alicyclic amines) is 1. The molecule has 1 unspecified atom stereocenters. The molecule has 1 amide bonds. The Hall–Kier alpha value is -1.78. The Morgan fingerprint density at radius 2 is 2.28 bits per heavy atom. The third kappa shape index (κ3) is 2.91. The molecular formula is C13H17NO4. The van der Waals surface area contributed by atoms with Crippen molar-refractivity contribution in [3.8, 4) is 0 Å². The second-order valence-corrected chi connectivity index (χ2v) is 4.75. The van der Waals surface area contributed by atoms with Crippen molar-refractivity contribution >= 4 is 11.9 Å². The fourth-order valence-electron chi connectivity index (χ4n) is 2.29. The summed E-state index contributed by atoms with van der Waals surface area (Å²) in [6.45, 7) is 3.12. The van der Waals surface area contributed by atoms with Crippen molar-refractivity contribution in [2.45, 2.75) is 26.2 Å². The normalized spacial score (nSPS) is 19.2. The maximum atomic E-state index is 12.1. The van der Waals surface area contributed by atoms with Gasteiger partial charge in [-0.1, -0.05) is 0 Å². The minimum absolute atomic E-state index is 0.0964. The summed E-state index contributed by atoms with van der Waals surface area (Å²) in [6, 6.07) is 3.45.